The van der Waals surface area contributed by atoms with E-state index in [1.807, 2.05) is 6.92 Å². The summed E-state index contributed by atoms with van der Waals surface area (Å²) in [6, 6.07) is -0.919. The smallest absolute Gasteiger partial charge is 0.328 e. The van der Waals surface area contributed by atoms with Crippen LogP contribution in [0.5, 0.6) is 0 Å². The van der Waals surface area contributed by atoms with Gasteiger partial charge in [0.05, 0.1) is 12.2 Å². The summed E-state index contributed by atoms with van der Waals surface area (Å²) < 4.78 is 5.39. The van der Waals surface area contributed by atoms with Crippen molar-refractivity contribution in [2.24, 2.45) is 0 Å². The Balaban J connectivity index is 2.58. The molecule has 1 aliphatic rings. The number of hydrogen-bond donors (Lipinski definition) is 2. The average molecular weight is 201 g/mol. The van der Waals surface area contributed by atoms with Gasteiger partial charge >= 0.3 is 5.97 Å². The summed E-state index contributed by atoms with van der Waals surface area (Å²) in [6.45, 7) is 3.20. The van der Waals surface area contributed by atoms with E-state index in [4.69, 9.17) is 9.84 Å². The molecule has 1 heterocycles. The predicted molar refractivity (Wildman–Crippen MR) is 48.8 cm³/mol. The van der Waals surface area contributed by atoms with E-state index in [-0.39, 0.29) is 12.0 Å². The Kier molecular flexibility index (Phi) is 3.46. The molecule has 14 heavy (non-hydrogen) atoms. The Morgan fingerprint density at radius 2 is 2.14 bits per heavy atom. The van der Waals surface area contributed by atoms with Crippen LogP contribution in [-0.4, -0.2) is 35.2 Å². The van der Waals surface area contributed by atoms with Gasteiger partial charge in [-0.1, -0.05) is 0 Å². The number of carbonyl (C=O) groups excluding carboxylic acids is 1. The number of amides is 1. The minimum Gasteiger partial charge on any atom is -0.480 e. The van der Waals surface area contributed by atoms with Crippen LogP contribution in [-0.2, 0) is 14.3 Å². The monoisotopic (exact) mass is 201 g/mol. The molecule has 0 saturated carbocycles. The van der Waals surface area contributed by atoms with Gasteiger partial charge in [-0.2, -0.15) is 0 Å². The summed E-state index contributed by atoms with van der Waals surface area (Å²) in [6.07, 6.45) is 1.20. The summed E-state index contributed by atoms with van der Waals surface area (Å²) in [4.78, 5) is 21.6. The fourth-order valence-electron chi connectivity index (χ4n) is 1.61. The molecule has 0 radical (unpaired) electrons. The van der Waals surface area contributed by atoms with Gasteiger partial charge in [0.15, 0.2) is 6.04 Å². The van der Waals surface area contributed by atoms with Gasteiger partial charge in [0, 0.05) is 6.92 Å². The van der Waals surface area contributed by atoms with Gasteiger partial charge in [-0.05, 0) is 19.8 Å². The molecule has 1 aliphatic heterocycles. The van der Waals surface area contributed by atoms with Gasteiger partial charge in [-0.25, -0.2) is 4.79 Å². The average Bonchev–Trinajstić information content (AvgIpc) is 2.46. The van der Waals surface area contributed by atoms with Crippen molar-refractivity contribution >= 4 is 11.9 Å². The van der Waals surface area contributed by atoms with E-state index < -0.39 is 18.1 Å². The van der Waals surface area contributed by atoms with Gasteiger partial charge in [0.2, 0.25) is 5.91 Å². The van der Waals surface area contributed by atoms with E-state index in [9.17, 15) is 9.59 Å². The second-order valence-corrected chi connectivity index (χ2v) is 3.58. The zero-order valence-electron chi connectivity index (χ0n) is 8.32. The van der Waals surface area contributed by atoms with Gasteiger partial charge in [-0.3, -0.25) is 4.79 Å². The van der Waals surface area contributed by atoms with Crippen molar-refractivity contribution in [1.82, 2.24) is 5.32 Å². The first-order chi connectivity index (χ1) is 6.50. The fourth-order valence-corrected chi connectivity index (χ4v) is 1.61. The van der Waals surface area contributed by atoms with E-state index in [1.54, 1.807) is 0 Å². The van der Waals surface area contributed by atoms with E-state index in [1.165, 1.54) is 6.92 Å². The van der Waals surface area contributed by atoms with Crippen molar-refractivity contribution < 1.29 is 19.4 Å². The highest BCUT2D eigenvalue weighted by atomic mass is 16.5. The first-order valence-electron chi connectivity index (χ1n) is 4.66. The maximum absolute atomic E-state index is 10.8. The predicted octanol–water partition coefficient (Wildman–Crippen LogP) is 0.143. The van der Waals surface area contributed by atoms with Crippen molar-refractivity contribution in [1.29, 1.82) is 0 Å². The lowest BCUT2D eigenvalue weighted by Gasteiger charge is -2.20. The largest absolute Gasteiger partial charge is 0.480 e. The van der Waals surface area contributed by atoms with Gasteiger partial charge in [-0.15, -0.1) is 0 Å². The fraction of sp³-hybridized carbons (Fsp3) is 0.778. The van der Waals surface area contributed by atoms with Crippen LogP contribution in [0.25, 0.3) is 0 Å². The molecule has 2 N–H and O–H groups in total. The third-order valence-electron chi connectivity index (χ3n) is 2.26. The molecule has 3 atom stereocenters. The topological polar surface area (TPSA) is 75.6 Å². The summed E-state index contributed by atoms with van der Waals surface area (Å²) in [7, 11) is 0. The van der Waals surface area contributed by atoms with Crippen LogP contribution in [0.1, 0.15) is 26.7 Å². The Hall–Kier alpha value is -1.10. The molecule has 1 amide bonds. The number of carbonyl (C=O) groups is 2. The number of rotatable bonds is 3. The van der Waals surface area contributed by atoms with Crippen molar-refractivity contribution in [2.75, 3.05) is 0 Å². The van der Waals surface area contributed by atoms with Crippen LogP contribution < -0.4 is 5.32 Å². The second kappa shape index (κ2) is 4.41. The van der Waals surface area contributed by atoms with Crippen LogP contribution >= 0.6 is 0 Å². The maximum atomic E-state index is 10.8. The van der Waals surface area contributed by atoms with E-state index in [0.29, 0.717) is 6.42 Å². The Morgan fingerprint density at radius 3 is 2.50 bits per heavy atom. The molecule has 1 fully saturated rings. The first kappa shape index (κ1) is 11.0. The summed E-state index contributed by atoms with van der Waals surface area (Å²) in [5.74, 6) is -1.39. The first-order valence-corrected chi connectivity index (χ1v) is 4.66. The summed E-state index contributed by atoms with van der Waals surface area (Å²) in [5.41, 5.74) is 0. The zero-order chi connectivity index (χ0) is 10.7. The molecule has 0 aromatic carbocycles. The summed E-state index contributed by atoms with van der Waals surface area (Å²) >= 11 is 0. The van der Waals surface area contributed by atoms with Gasteiger partial charge in [0.1, 0.15) is 0 Å². The molecule has 80 valence electrons. The maximum Gasteiger partial charge on any atom is 0.328 e. The normalized spacial score (nSPS) is 28.4. The van der Waals surface area contributed by atoms with Crippen molar-refractivity contribution in [3.63, 3.8) is 0 Å². The number of ether oxygens (including phenoxy) is 1. The molecule has 5 heteroatoms. The lowest BCUT2D eigenvalue weighted by atomic mass is 10.1. The Bertz CT molecular complexity index is 241. The minimum atomic E-state index is -1.04. The molecular formula is C9H15NO4. The number of aliphatic carboxylic acids is 1. The van der Waals surface area contributed by atoms with E-state index >= 15 is 0 Å². The molecule has 3 unspecified atom stereocenters. The Morgan fingerprint density at radius 1 is 1.50 bits per heavy atom. The molecule has 0 bridgehead atoms. The highest BCUT2D eigenvalue weighted by molar-refractivity contribution is 5.82. The van der Waals surface area contributed by atoms with Crippen LogP contribution in [0.15, 0.2) is 0 Å². The van der Waals surface area contributed by atoms with E-state index in [2.05, 4.69) is 5.32 Å². The lowest BCUT2D eigenvalue weighted by Crippen LogP contribution is -2.48. The van der Waals surface area contributed by atoms with Gasteiger partial charge < -0.3 is 15.2 Å². The van der Waals surface area contributed by atoms with Crippen LogP contribution in [0.4, 0.5) is 0 Å². The Labute approximate surface area is 82.4 Å². The van der Waals surface area contributed by atoms with Crippen molar-refractivity contribution in [2.45, 2.75) is 44.9 Å². The molecule has 5 nitrogen and oxygen atoms in total. The minimum absolute atomic E-state index is 0.0793. The molecule has 0 spiro atoms. The van der Waals surface area contributed by atoms with Gasteiger partial charge in [0.25, 0.3) is 0 Å². The lowest BCUT2D eigenvalue weighted by molar-refractivity contribution is -0.145. The van der Waals surface area contributed by atoms with Crippen molar-refractivity contribution in [3.8, 4) is 0 Å². The summed E-state index contributed by atoms with van der Waals surface area (Å²) in [5, 5.41) is 11.3. The SMILES string of the molecule is CC(=O)NC(C(=O)O)C1CCC(C)O1. The molecule has 0 aromatic rings. The number of nitrogens with one attached hydrogen (secondary N) is 1. The number of carboxylic acids is 1. The van der Waals surface area contributed by atoms with Crippen molar-refractivity contribution in [3.05, 3.63) is 0 Å². The molecule has 1 saturated heterocycles. The molecule has 0 aliphatic carbocycles. The second-order valence-electron chi connectivity index (χ2n) is 3.58. The third-order valence-corrected chi connectivity index (χ3v) is 2.26. The van der Waals surface area contributed by atoms with E-state index in [0.717, 1.165) is 6.42 Å². The number of hydrogen-bond acceptors (Lipinski definition) is 3. The number of carboxylic acid groups (broad SMARTS) is 1. The highest BCUT2D eigenvalue weighted by Gasteiger charge is 2.34. The van der Waals surface area contributed by atoms with Crippen LogP contribution in [0.3, 0.4) is 0 Å². The zero-order valence-corrected chi connectivity index (χ0v) is 8.32. The molecule has 0 aromatic heterocycles. The van der Waals surface area contributed by atoms with Crippen LogP contribution in [0.2, 0.25) is 0 Å². The third kappa shape index (κ3) is 2.70. The standard InChI is InChI=1S/C9H15NO4/c1-5-3-4-7(14-5)8(9(12)13)10-6(2)11/h5,7-8H,3-4H2,1-2H3,(H,10,11)(H,12,13). The molecule has 1 rings (SSSR count). The quantitative estimate of drug-likeness (QED) is 0.681. The molecular weight excluding hydrogens is 186 g/mol. The highest BCUT2D eigenvalue weighted by Crippen LogP contribution is 2.21. The van der Waals surface area contributed by atoms with Crippen LogP contribution in [0, 0.1) is 0 Å².